The molecule has 13 heteroatoms. The van der Waals surface area contributed by atoms with Crippen LogP contribution in [-0.2, 0) is 39.3 Å². The number of likely N-dealkylation sites (tertiary alicyclic amines) is 1. The monoisotopic (exact) mass is 694 g/mol. The predicted molar refractivity (Wildman–Crippen MR) is 177 cm³/mol. The molecule has 0 aliphatic carbocycles. The number of carbonyl (C=O) groups excluding carboxylic acids is 2. The second kappa shape index (κ2) is 15.2. The number of hydrogen-bond donors (Lipinski definition) is 2. The number of carbonyl (C=O) groups is 2. The van der Waals surface area contributed by atoms with E-state index in [9.17, 15) is 27.9 Å². The molecule has 2 saturated heterocycles. The summed E-state index contributed by atoms with van der Waals surface area (Å²) in [5.74, 6) is -1.92. The van der Waals surface area contributed by atoms with E-state index in [1.165, 1.54) is 0 Å². The SMILES string of the molecule is Cn1ccnc1SCC1CC(c2ccc(CO)cc2)OC(c2ccc(-c3ccccc3CNC(=O)C3CCCN3C(=O)C(F)(F)F)cc2)O1. The highest BCUT2D eigenvalue weighted by Gasteiger charge is 2.47. The molecular weight excluding hydrogens is 657 g/mol. The van der Waals surface area contributed by atoms with Gasteiger partial charge in [0.15, 0.2) is 11.4 Å². The fraction of sp³-hybridized carbons (Fsp3) is 0.361. The van der Waals surface area contributed by atoms with Crippen molar-refractivity contribution >= 4 is 23.6 Å². The Morgan fingerprint density at radius 3 is 2.45 bits per heavy atom. The molecule has 2 N–H and O–H groups in total. The van der Waals surface area contributed by atoms with Crippen LogP contribution in [0.5, 0.6) is 0 Å². The fourth-order valence-electron chi connectivity index (χ4n) is 6.20. The Kier molecular flexibility index (Phi) is 10.7. The molecule has 3 aromatic carbocycles. The van der Waals surface area contributed by atoms with Gasteiger partial charge in [-0.15, -0.1) is 0 Å². The van der Waals surface area contributed by atoms with Crippen molar-refractivity contribution in [3.05, 3.63) is 107 Å². The van der Waals surface area contributed by atoms with Gasteiger partial charge in [-0.2, -0.15) is 13.2 Å². The number of halogens is 3. The summed E-state index contributed by atoms with van der Waals surface area (Å²) in [6.07, 6.45) is -1.21. The molecule has 2 fully saturated rings. The number of aliphatic hydroxyl groups excluding tert-OH is 1. The van der Waals surface area contributed by atoms with Crippen LogP contribution in [0.2, 0.25) is 0 Å². The van der Waals surface area contributed by atoms with Crippen molar-refractivity contribution in [2.24, 2.45) is 7.05 Å². The summed E-state index contributed by atoms with van der Waals surface area (Å²) in [6, 6.07) is 21.8. The lowest BCUT2D eigenvalue weighted by Gasteiger charge is -2.36. The van der Waals surface area contributed by atoms with Gasteiger partial charge in [0.25, 0.3) is 0 Å². The van der Waals surface area contributed by atoms with Crippen LogP contribution in [0, 0.1) is 0 Å². The highest BCUT2D eigenvalue weighted by Crippen LogP contribution is 2.40. The Balaban J connectivity index is 1.16. The number of alkyl halides is 3. The molecule has 4 unspecified atom stereocenters. The van der Waals surface area contributed by atoms with E-state index in [1.54, 1.807) is 18.0 Å². The summed E-state index contributed by atoms with van der Waals surface area (Å²) in [7, 11) is 1.95. The number of benzene rings is 3. The first-order chi connectivity index (χ1) is 23.6. The zero-order valence-corrected chi connectivity index (χ0v) is 27.6. The Hall–Kier alpha value is -4.17. The number of amides is 2. The largest absolute Gasteiger partial charge is 0.471 e. The molecule has 2 amide bonds. The minimum Gasteiger partial charge on any atom is -0.392 e. The van der Waals surface area contributed by atoms with Crippen LogP contribution in [0.3, 0.4) is 0 Å². The zero-order valence-electron chi connectivity index (χ0n) is 26.8. The Labute approximate surface area is 286 Å². The Bertz CT molecular complexity index is 1750. The Morgan fingerprint density at radius 1 is 1.02 bits per heavy atom. The van der Waals surface area contributed by atoms with E-state index >= 15 is 0 Å². The molecule has 0 radical (unpaired) electrons. The first kappa shape index (κ1) is 34.7. The molecule has 4 aromatic rings. The minimum atomic E-state index is -5.03. The van der Waals surface area contributed by atoms with Gasteiger partial charge in [0, 0.05) is 50.3 Å². The van der Waals surface area contributed by atoms with E-state index in [1.807, 2.05) is 90.6 Å². The molecule has 6 rings (SSSR count). The molecule has 0 spiro atoms. The van der Waals surface area contributed by atoms with Crippen LogP contribution in [0.25, 0.3) is 11.1 Å². The second-order valence-corrected chi connectivity index (χ2v) is 13.1. The first-order valence-corrected chi connectivity index (χ1v) is 17.0. The van der Waals surface area contributed by atoms with Gasteiger partial charge in [0.1, 0.15) is 6.04 Å². The summed E-state index contributed by atoms with van der Waals surface area (Å²) >= 11 is 1.62. The van der Waals surface area contributed by atoms with E-state index in [4.69, 9.17) is 9.47 Å². The molecule has 0 bridgehead atoms. The average molecular weight is 695 g/mol. The van der Waals surface area contributed by atoms with Gasteiger partial charge in [0.2, 0.25) is 5.91 Å². The van der Waals surface area contributed by atoms with Crippen molar-refractivity contribution in [2.45, 2.75) is 68.3 Å². The highest BCUT2D eigenvalue weighted by atomic mass is 32.2. The Morgan fingerprint density at radius 2 is 1.76 bits per heavy atom. The van der Waals surface area contributed by atoms with Crippen molar-refractivity contribution in [1.82, 2.24) is 19.8 Å². The standard InChI is InChI=1S/C36H37F3N4O5S/c1-42-18-16-40-35(42)49-22-28-19-31(25-10-8-23(21-44)9-11-25)48-33(47-28)26-14-12-24(13-15-26)29-6-3-2-5-27(29)20-41-32(45)30-7-4-17-43(30)34(46)36(37,38)39/h2-3,5-6,8-16,18,28,30-31,33,44H,4,7,17,19-22H2,1H3,(H,41,45). The van der Waals surface area contributed by atoms with Gasteiger partial charge in [-0.1, -0.05) is 84.6 Å². The zero-order chi connectivity index (χ0) is 34.5. The highest BCUT2D eigenvalue weighted by molar-refractivity contribution is 7.99. The summed E-state index contributed by atoms with van der Waals surface area (Å²) in [5.41, 5.74) is 5.14. The molecule has 258 valence electrons. The van der Waals surface area contributed by atoms with Crippen LogP contribution in [0.4, 0.5) is 13.2 Å². The number of aromatic nitrogens is 2. The van der Waals surface area contributed by atoms with Crippen molar-refractivity contribution in [2.75, 3.05) is 12.3 Å². The molecule has 0 saturated carbocycles. The third-order valence-corrected chi connectivity index (χ3v) is 10.0. The van der Waals surface area contributed by atoms with Gasteiger partial charge >= 0.3 is 12.1 Å². The molecule has 49 heavy (non-hydrogen) atoms. The van der Waals surface area contributed by atoms with Crippen LogP contribution in [0.1, 0.15) is 53.9 Å². The lowest BCUT2D eigenvalue weighted by molar-refractivity contribution is -0.245. The number of nitrogens with one attached hydrogen (secondary N) is 1. The minimum absolute atomic E-state index is 0.0373. The number of ether oxygens (including phenoxy) is 2. The molecule has 1 aromatic heterocycles. The summed E-state index contributed by atoms with van der Waals surface area (Å²) in [6.45, 7) is -0.0547. The maximum Gasteiger partial charge on any atom is 0.471 e. The van der Waals surface area contributed by atoms with E-state index in [0.29, 0.717) is 23.5 Å². The van der Waals surface area contributed by atoms with Crippen molar-refractivity contribution in [3.8, 4) is 11.1 Å². The maximum atomic E-state index is 13.1. The average Bonchev–Trinajstić information content (AvgIpc) is 3.78. The molecule has 2 aliphatic rings. The quantitative estimate of drug-likeness (QED) is 0.194. The van der Waals surface area contributed by atoms with Gasteiger partial charge in [0.05, 0.1) is 18.8 Å². The van der Waals surface area contributed by atoms with Gasteiger partial charge in [-0.25, -0.2) is 4.98 Å². The van der Waals surface area contributed by atoms with Gasteiger partial charge in [-0.05, 0) is 40.7 Å². The number of thioether (sulfide) groups is 1. The first-order valence-electron chi connectivity index (χ1n) is 16.0. The number of aryl methyl sites for hydroxylation is 1. The van der Waals surface area contributed by atoms with Gasteiger partial charge in [-0.3, -0.25) is 9.59 Å². The third-order valence-electron chi connectivity index (χ3n) is 8.81. The van der Waals surface area contributed by atoms with Gasteiger partial charge < -0.3 is 29.4 Å². The number of imidazole rings is 1. The smallest absolute Gasteiger partial charge is 0.392 e. The van der Waals surface area contributed by atoms with Crippen LogP contribution < -0.4 is 5.32 Å². The third kappa shape index (κ3) is 8.18. The lowest BCUT2D eigenvalue weighted by Crippen LogP contribution is -2.50. The normalized spacial score (nSPS) is 21.1. The summed E-state index contributed by atoms with van der Waals surface area (Å²) in [5, 5.41) is 13.1. The summed E-state index contributed by atoms with van der Waals surface area (Å²) < 4.78 is 54.1. The van der Waals surface area contributed by atoms with Crippen molar-refractivity contribution < 1.29 is 37.3 Å². The van der Waals surface area contributed by atoms with Crippen LogP contribution >= 0.6 is 11.8 Å². The van der Waals surface area contributed by atoms with Crippen LogP contribution in [0.15, 0.2) is 90.3 Å². The molecular formula is C36H37F3N4O5S. The lowest BCUT2D eigenvalue weighted by atomic mass is 9.97. The fourth-order valence-corrected chi connectivity index (χ4v) is 7.15. The predicted octanol–water partition coefficient (Wildman–Crippen LogP) is 6.09. The number of rotatable bonds is 10. The maximum absolute atomic E-state index is 13.1. The molecule has 4 atom stereocenters. The van der Waals surface area contributed by atoms with Crippen LogP contribution in [-0.4, -0.2) is 62.0 Å². The molecule has 9 nitrogen and oxygen atoms in total. The van der Waals surface area contributed by atoms with Crippen molar-refractivity contribution in [1.29, 1.82) is 0 Å². The number of hydrogen-bond acceptors (Lipinski definition) is 7. The van der Waals surface area contributed by atoms with E-state index in [-0.39, 0.29) is 38.3 Å². The molecule has 3 heterocycles. The second-order valence-electron chi connectivity index (χ2n) is 12.1. The van der Waals surface area contributed by atoms with E-state index < -0.39 is 30.3 Å². The number of aliphatic hydroxyl groups is 1. The van der Waals surface area contributed by atoms with E-state index in [2.05, 4.69) is 10.3 Å². The summed E-state index contributed by atoms with van der Waals surface area (Å²) in [4.78, 5) is 29.8. The van der Waals surface area contributed by atoms with Crippen molar-refractivity contribution in [3.63, 3.8) is 0 Å². The van der Waals surface area contributed by atoms with E-state index in [0.717, 1.165) is 38.5 Å². The molecule has 2 aliphatic heterocycles. The number of nitrogens with zero attached hydrogens (tertiary/aromatic N) is 3. The topological polar surface area (TPSA) is 106 Å².